The number of carboxylic acids is 1. The number of fused-ring (bicyclic) bond motifs is 1. The number of carbonyl (C=O) groups is 1. The number of furan rings is 1. The molecule has 0 bridgehead atoms. The van der Waals surface area contributed by atoms with Crippen LogP contribution in [0.15, 0.2) is 52.7 Å². The summed E-state index contributed by atoms with van der Waals surface area (Å²) in [7, 11) is 0. The van der Waals surface area contributed by atoms with Gasteiger partial charge in [0.1, 0.15) is 0 Å². The van der Waals surface area contributed by atoms with Gasteiger partial charge in [0.15, 0.2) is 0 Å². The fourth-order valence-corrected chi connectivity index (χ4v) is 5.23. The number of thiophene rings is 1. The van der Waals surface area contributed by atoms with E-state index in [1.807, 2.05) is 11.3 Å². The molecule has 0 atom stereocenters. The minimum atomic E-state index is -4.64. The highest BCUT2D eigenvalue weighted by Gasteiger charge is 2.36. The van der Waals surface area contributed by atoms with E-state index < -0.39 is 23.5 Å². The molecule has 0 unspecified atom stereocenters. The second kappa shape index (κ2) is 15.6. The van der Waals surface area contributed by atoms with Crippen LogP contribution in [0, 0.1) is 0 Å². The number of rotatable bonds is 14. The minimum Gasteiger partial charge on any atom is -0.475 e. The topological polar surface area (TPSA) is 80.3 Å². The first-order chi connectivity index (χ1) is 19.3. The summed E-state index contributed by atoms with van der Waals surface area (Å²) >= 11 is 1.84. The number of nitrogens with zero attached hydrogens (tertiary/aromatic N) is 2. The highest BCUT2D eigenvalue weighted by molar-refractivity contribution is 7.09. The molecule has 2 N–H and O–H groups in total. The maximum Gasteiger partial charge on any atom is 0.418 e. The number of aromatic carboxylic acids is 1. The zero-order valence-corrected chi connectivity index (χ0v) is 23.9. The predicted octanol–water partition coefficient (Wildman–Crippen LogP) is 9.01. The summed E-state index contributed by atoms with van der Waals surface area (Å²) in [5.74, 6) is -1.79. The molecule has 3 aromatic heterocycles. The maximum absolute atomic E-state index is 13.5. The third-order valence-electron chi connectivity index (χ3n) is 6.60. The van der Waals surface area contributed by atoms with Crippen molar-refractivity contribution in [3.8, 4) is 11.1 Å². The molecule has 218 valence electrons. The molecule has 3 heterocycles. The second-order valence-electron chi connectivity index (χ2n) is 9.62. The third-order valence-corrected chi connectivity index (χ3v) is 7.47. The van der Waals surface area contributed by atoms with Crippen molar-refractivity contribution in [2.75, 3.05) is 6.54 Å². The quantitative estimate of drug-likeness (QED) is 0.146. The van der Waals surface area contributed by atoms with Crippen LogP contribution in [0.3, 0.4) is 0 Å². The number of aromatic nitrogens is 2. The van der Waals surface area contributed by atoms with Gasteiger partial charge in [-0.05, 0) is 55.1 Å². The van der Waals surface area contributed by atoms with Crippen molar-refractivity contribution in [1.29, 1.82) is 0 Å². The first kappa shape index (κ1) is 31.4. The number of alkyl halides is 3. The molecule has 40 heavy (non-hydrogen) atoms. The van der Waals surface area contributed by atoms with Gasteiger partial charge in [0.25, 0.3) is 0 Å². The van der Waals surface area contributed by atoms with Crippen molar-refractivity contribution >= 4 is 28.3 Å². The van der Waals surface area contributed by atoms with Gasteiger partial charge in [0.2, 0.25) is 5.82 Å². The fourth-order valence-electron chi connectivity index (χ4n) is 4.56. The molecule has 0 saturated carbocycles. The van der Waals surface area contributed by atoms with Gasteiger partial charge in [-0.1, -0.05) is 57.9 Å². The number of hydrogen-bond acceptors (Lipinski definition) is 5. The Morgan fingerprint density at radius 1 is 1.05 bits per heavy atom. The molecule has 10 heteroatoms. The van der Waals surface area contributed by atoms with Crippen molar-refractivity contribution in [3.63, 3.8) is 0 Å². The van der Waals surface area contributed by atoms with Crippen LogP contribution < -0.4 is 5.32 Å². The molecule has 0 fully saturated rings. The van der Waals surface area contributed by atoms with Gasteiger partial charge in [-0.3, -0.25) is 0 Å². The lowest BCUT2D eigenvalue weighted by Gasteiger charge is -2.12. The van der Waals surface area contributed by atoms with Gasteiger partial charge in [0.05, 0.1) is 29.1 Å². The number of imidazole rings is 1. The standard InChI is InChI=1S/C15H11F3N2O3.C15H27NS/c1-2-20-12-10(15(16,17)18)5-9(8-3-4-23-7-8)6-11(12)19-13(20)14(21)22;1-2-3-4-5-6-7-8-9-12-16-14-15-11-10-13-17-15/h3-7H,2H2,1H3,(H,21,22);10-11,13,16H,2-9,12,14H2,1H3. The van der Waals surface area contributed by atoms with Crippen molar-refractivity contribution < 1.29 is 27.5 Å². The first-order valence-corrected chi connectivity index (χ1v) is 14.7. The summed E-state index contributed by atoms with van der Waals surface area (Å²) in [5, 5.41) is 14.8. The van der Waals surface area contributed by atoms with E-state index in [1.54, 1.807) is 6.92 Å². The average Bonchev–Trinajstić information content (AvgIpc) is 3.70. The molecule has 0 radical (unpaired) electrons. The lowest BCUT2D eigenvalue weighted by Crippen LogP contribution is -2.13. The molecule has 1 aromatic carbocycles. The van der Waals surface area contributed by atoms with Crippen LogP contribution in [0.1, 0.15) is 86.3 Å². The van der Waals surface area contributed by atoms with Crippen LogP contribution >= 0.6 is 11.3 Å². The van der Waals surface area contributed by atoms with Crippen LogP contribution in [-0.4, -0.2) is 27.2 Å². The van der Waals surface area contributed by atoms with Gasteiger partial charge in [-0.25, -0.2) is 9.78 Å². The van der Waals surface area contributed by atoms with Crippen LogP contribution in [0.5, 0.6) is 0 Å². The van der Waals surface area contributed by atoms with Crippen LogP contribution in [0.25, 0.3) is 22.2 Å². The number of nitrogens with one attached hydrogen (secondary N) is 1. The SMILES string of the molecule is CCCCCCCCCCNCc1cccs1.CCn1c(C(=O)O)nc2cc(-c3ccoc3)cc(C(F)(F)F)c21. The molecule has 0 saturated heterocycles. The lowest BCUT2D eigenvalue weighted by atomic mass is 10.0. The van der Waals surface area contributed by atoms with Gasteiger partial charge >= 0.3 is 12.1 Å². The Balaban J connectivity index is 0.000000232. The second-order valence-corrected chi connectivity index (χ2v) is 10.6. The van der Waals surface area contributed by atoms with Gasteiger partial charge in [-0.2, -0.15) is 13.2 Å². The largest absolute Gasteiger partial charge is 0.475 e. The number of unbranched alkanes of at least 4 members (excludes halogenated alkanes) is 7. The molecule has 0 spiro atoms. The van der Waals surface area contributed by atoms with Crippen molar-refractivity contribution in [1.82, 2.24) is 14.9 Å². The third kappa shape index (κ3) is 8.96. The maximum atomic E-state index is 13.5. The summed E-state index contributed by atoms with van der Waals surface area (Å²) < 4.78 is 46.3. The van der Waals surface area contributed by atoms with Gasteiger partial charge in [0, 0.05) is 23.5 Å². The molecule has 6 nitrogen and oxygen atoms in total. The number of benzene rings is 1. The van der Waals surface area contributed by atoms with Crippen LogP contribution in [0.4, 0.5) is 13.2 Å². The normalized spacial score (nSPS) is 11.5. The zero-order chi connectivity index (χ0) is 29.0. The van der Waals surface area contributed by atoms with E-state index >= 15 is 0 Å². The Kier molecular flexibility index (Phi) is 12.3. The van der Waals surface area contributed by atoms with E-state index in [0.717, 1.165) is 17.2 Å². The Bertz CT molecular complexity index is 1300. The number of halogens is 3. The van der Waals surface area contributed by atoms with Gasteiger partial charge < -0.3 is 19.4 Å². The molecule has 0 aliphatic carbocycles. The highest BCUT2D eigenvalue weighted by atomic mass is 32.1. The Hall–Kier alpha value is -3.11. The van der Waals surface area contributed by atoms with Crippen molar-refractivity contribution in [3.05, 3.63) is 64.5 Å². The van der Waals surface area contributed by atoms with E-state index in [4.69, 9.17) is 9.52 Å². The summed E-state index contributed by atoms with van der Waals surface area (Å²) in [4.78, 5) is 16.6. The fraction of sp³-hybridized carbons (Fsp3) is 0.467. The minimum absolute atomic E-state index is 0.0183. The summed E-state index contributed by atoms with van der Waals surface area (Å²) in [6.45, 7) is 6.13. The molecule has 0 aliphatic rings. The lowest BCUT2D eigenvalue weighted by molar-refractivity contribution is -0.136. The average molecular weight is 578 g/mol. The number of aryl methyl sites for hydroxylation is 1. The number of hydrogen-bond donors (Lipinski definition) is 2. The Morgan fingerprint density at radius 2 is 1.77 bits per heavy atom. The van der Waals surface area contributed by atoms with Gasteiger partial charge in [-0.15, -0.1) is 11.3 Å². The van der Waals surface area contributed by atoms with E-state index in [9.17, 15) is 18.0 Å². The summed E-state index contributed by atoms with van der Waals surface area (Å²) in [5.41, 5.74) is -0.454. The van der Waals surface area contributed by atoms with Crippen molar-refractivity contribution in [2.45, 2.75) is 84.5 Å². The van der Waals surface area contributed by atoms with E-state index in [1.165, 1.54) is 87.4 Å². The first-order valence-electron chi connectivity index (χ1n) is 13.9. The zero-order valence-electron chi connectivity index (χ0n) is 23.1. The molecule has 0 aliphatic heterocycles. The summed E-state index contributed by atoms with van der Waals surface area (Å²) in [6.07, 6.45) is 9.26. The Labute approximate surface area is 237 Å². The summed E-state index contributed by atoms with van der Waals surface area (Å²) in [6, 6.07) is 8.25. The van der Waals surface area contributed by atoms with E-state index in [0.29, 0.717) is 5.56 Å². The Morgan fingerprint density at radius 3 is 2.35 bits per heavy atom. The van der Waals surface area contributed by atoms with Crippen LogP contribution in [-0.2, 0) is 19.3 Å². The van der Waals surface area contributed by atoms with E-state index in [-0.39, 0.29) is 23.1 Å². The smallest absolute Gasteiger partial charge is 0.418 e. The monoisotopic (exact) mass is 577 g/mol. The predicted molar refractivity (Wildman–Crippen MR) is 154 cm³/mol. The molecule has 0 amide bonds. The molecular formula is C30H38F3N3O3S. The van der Waals surface area contributed by atoms with E-state index in [2.05, 4.69) is 34.7 Å². The highest BCUT2D eigenvalue weighted by Crippen LogP contribution is 2.38. The molecule has 4 rings (SSSR count). The molecular weight excluding hydrogens is 539 g/mol. The van der Waals surface area contributed by atoms with Crippen molar-refractivity contribution in [2.24, 2.45) is 0 Å². The number of carboxylic acid groups (broad SMARTS) is 1. The molecule has 4 aromatic rings. The van der Waals surface area contributed by atoms with Crippen LogP contribution in [0.2, 0.25) is 0 Å².